The number of hydrogen-bond donors (Lipinski definition) is 1. The highest BCUT2D eigenvalue weighted by Gasteiger charge is 2.40. The average Bonchev–Trinajstić information content (AvgIpc) is 3.54. The summed E-state index contributed by atoms with van der Waals surface area (Å²) in [5, 5.41) is 12.0. The molecule has 1 amide bonds. The van der Waals surface area contributed by atoms with E-state index in [1.165, 1.54) is 69.4 Å². The summed E-state index contributed by atoms with van der Waals surface area (Å²) in [7, 11) is 1.53. The summed E-state index contributed by atoms with van der Waals surface area (Å²) in [4.78, 5) is 21.0. The van der Waals surface area contributed by atoms with Gasteiger partial charge in [0.25, 0.3) is 5.91 Å². The van der Waals surface area contributed by atoms with Gasteiger partial charge in [0.05, 0.1) is 24.5 Å². The molecule has 3 aromatic heterocycles. The first-order valence-corrected chi connectivity index (χ1v) is 14.3. The third kappa shape index (κ3) is 8.19. The number of ether oxygens (including phenoxy) is 2. The highest BCUT2D eigenvalue weighted by atomic mass is 35.5. The molecule has 5 rings (SSSR count). The summed E-state index contributed by atoms with van der Waals surface area (Å²) in [5.74, 6) is 1.06. The molecule has 0 radical (unpaired) electrons. The Morgan fingerprint density at radius 3 is 2.34 bits per heavy atom. The number of pyridine rings is 2. The van der Waals surface area contributed by atoms with E-state index in [0.717, 1.165) is 23.2 Å². The van der Waals surface area contributed by atoms with E-state index in [-0.39, 0.29) is 5.91 Å². The first kappa shape index (κ1) is 29.9. The minimum atomic E-state index is -0.339. The van der Waals surface area contributed by atoms with Crippen LogP contribution in [0, 0.1) is 19.8 Å². The molecule has 38 heavy (non-hydrogen) atoms. The van der Waals surface area contributed by atoms with Crippen molar-refractivity contribution in [1.29, 1.82) is 0 Å². The number of aryl methyl sites for hydroxylation is 2. The molecule has 0 aromatic carbocycles. The first-order chi connectivity index (χ1) is 18.2. The first-order valence-electron chi connectivity index (χ1n) is 13.1. The molecule has 10 heteroatoms. The molecule has 1 spiro atoms. The Morgan fingerprint density at radius 1 is 1.13 bits per heavy atom. The molecule has 206 valence electrons. The largest absolute Gasteiger partial charge is 0.494 e. The van der Waals surface area contributed by atoms with Gasteiger partial charge in [0.15, 0.2) is 0 Å². The van der Waals surface area contributed by atoms with Crippen LogP contribution in [0.2, 0.25) is 5.15 Å². The van der Waals surface area contributed by atoms with Crippen LogP contribution in [-0.2, 0) is 4.74 Å². The van der Waals surface area contributed by atoms with Crippen molar-refractivity contribution in [1.82, 2.24) is 20.2 Å². The maximum atomic E-state index is 12.7. The van der Waals surface area contributed by atoms with Crippen LogP contribution in [0.25, 0.3) is 11.1 Å². The van der Waals surface area contributed by atoms with Gasteiger partial charge >= 0.3 is 0 Å². The van der Waals surface area contributed by atoms with Crippen molar-refractivity contribution < 1.29 is 14.3 Å². The number of nitrogens with zero attached hydrogens (tertiary/aromatic N) is 4. The van der Waals surface area contributed by atoms with Gasteiger partial charge in [-0.05, 0) is 64.0 Å². The standard InChI is InChI=1S/C16H14ClN5O2S.C7H12O.C5H12/c1-8-4-10(11-5-14(17)19-7-13(11)24-3)12(6-18-8)15(23)20-16-22-21-9(2)25-16;1-3-7(4-1)5-2-6-8-7;1-4-5(2)3/h4-7H,1-3H3,(H,20,22,23);1-6H2;5H,4H2,1-3H3. The van der Waals surface area contributed by atoms with Crippen LogP contribution >= 0.6 is 22.9 Å². The van der Waals surface area contributed by atoms with Crippen LogP contribution in [0.15, 0.2) is 24.5 Å². The molecule has 2 aliphatic rings. The number of carbonyl (C=O) groups is 1. The van der Waals surface area contributed by atoms with Gasteiger partial charge in [0, 0.05) is 29.6 Å². The molecule has 0 atom stereocenters. The number of methoxy groups -OCH3 is 1. The molecule has 2 fully saturated rings. The summed E-state index contributed by atoms with van der Waals surface area (Å²) >= 11 is 7.32. The third-order valence-corrected chi connectivity index (χ3v) is 7.60. The maximum Gasteiger partial charge on any atom is 0.259 e. The summed E-state index contributed by atoms with van der Waals surface area (Å²) in [5.41, 5.74) is 2.85. The molecule has 1 saturated heterocycles. The SMILES string of the molecule is C1COC2(C1)CCC2.CCC(C)C.COc1cnc(Cl)cc1-c1cc(C)ncc1C(=O)Nc1nnc(C)s1. The minimum absolute atomic E-state index is 0.302. The fourth-order valence-corrected chi connectivity index (χ4v) is 4.73. The maximum absolute atomic E-state index is 12.7. The molecule has 0 unspecified atom stereocenters. The molecule has 1 saturated carbocycles. The van der Waals surface area contributed by atoms with Gasteiger partial charge in [-0.2, -0.15) is 0 Å². The van der Waals surface area contributed by atoms with Gasteiger partial charge in [-0.15, -0.1) is 10.2 Å². The van der Waals surface area contributed by atoms with Crippen LogP contribution in [0.1, 0.15) is 80.4 Å². The third-order valence-electron chi connectivity index (χ3n) is 6.64. The molecular formula is C28H38ClN5O3S. The lowest BCUT2D eigenvalue weighted by Gasteiger charge is -2.36. The predicted octanol–water partition coefficient (Wildman–Crippen LogP) is 7.30. The molecule has 4 heterocycles. The van der Waals surface area contributed by atoms with E-state index < -0.39 is 0 Å². The minimum Gasteiger partial charge on any atom is -0.494 e. The molecule has 1 N–H and O–H groups in total. The van der Waals surface area contributed by atoms with Gasteiger partial charge in [-0.25, -0.2) is 4.98 Å². The molecule has 1 aliphatic heterocycles. The molecule has 3 aromatic rings. The van der Waals surface area contributed by atoms with E-state index in [4.69, 9.17) is 21.1 Å². The van der Waals surface area contributed by atoms with Gasteiger partial charge in [-0.3, -0.25) is 15.1 Å². The highest BCUT2D eigenvalue weighted by molar-refractivity contribution is 7.15. The molecule has 0 bridgehead atoms. The van der Waals surface area contributed by atoms with E-state index in [0.29, 0.717) is 38.3 Å². The van der Waals surface area contributed by atoms with Crippen molar-refractivity contribution in [2.24, 2.45) is 5.92 Å². The topological polar surface area (TPSA) is 99.1 Å². The second kappa shape index (κ2) is 14.0. The number of hydrogen-bond acceptors (Lipinski definition) is 8. The second-order valence-electron chi connectivity index (χ2n) is 9.95. The lowest BCUT2D eigenvalue weighted by atomic mass is 9.78. The summed E-state index contributed by atoms with van der Waals surface area (Å²) in [6.45, 7) is 11.3. The molecule has 1 aliphatic carbocycles. The Labute approximate surface area is 234 Å². The molecule has 8 nitrogen and oxygen atoms in total. The van der Waals surface area contributed by atoms with Gasteiger partial charge in [0.2, 0.25) is 5.13 Å². The van der Waals surface area contributed by atoms with Gasteiger partial charge in [-0.1, -0.05) is 50.1 Å². The van der Waals surface area contributed by atoms with Crippen LogP contribution in [0.4, 0.5) is 5.13 Å². The smallest absolute Gasteiger partial charge is 0.259 e. The van der Waals surface area contributed by atoms with Crippen molar-refractivity contribution in [2.45, 2.75) is 78.7 Å². The van der Waals surface area contributed by atoms with E-state index in [2.05, 4.69) is 46.3 Å². The lowest BCUT2D eigenvalue weighted by molar-refractivity contribution is -0.0561. The zero-order valence-corrected chi connectivity index (χ0v) is 24.7. The van der Waals surface area contributed by atoms with Crippen molar-refractivity contribution >= 4 is 34.0 Å². The normalized spacial score (nSPS) is 15.2. The zero-order valence-electron chi connectivity index (χ0n) is 23.1. The van der Waals surface area contributed by atoms with Crippen molar-refractivity contribution in [2.75, 3.05) is 19.0 Å². The van der Waals surface area contributed by atoms with E-state index in [1.807, 2.05) is 13.8 Å². The lowest BCUT2D eigenvalue weighted by Crippen LogP contribution is -2.35. The van der Waals surface area contributed by atoms with Gasteiger partial charge in [0.1, 0.15) is 15.9 Å². The van der Waals surface area contributed by atoms with Crippen LogP contribution in [0.3, 0.4) is 0 Å². The van der Waals surface area contributed by atoms with Crippen molar-refractivity contribution in [3.63, 3.8) is 0 Å². The molecular weight excluding hydrogens is 522 g/mol. The van der Waals surface area contributed by atoms with Crippen LogP contribution in [-0.4, -0.2) is 45.4 Å². The number of amides is 1. The van der Waals surface area contributed by atoms with Crippen LogP contribution in [0.5, 0.6) is 5.75 Å². The van der Waals surface area contributed by atoms with E-state index in [1.54, 1.807) is 12.1 Å². The fraction of sp³-hybridized carbons (Fsp3) is 0.536. The summed E-state index contributed by atoms with van der Waals surface area (Å²) in [6.07, 6.45) is 11.1. The number of nitrogens with one attached hydrogen (secondary N) is 1. The predicted molar refractivity (Wildman–Crippen MR) is 153 cm³/mol. The summed E-state index contributed by atoms with van der Waals surface area (Å²) < 4.78 is 10.9. The Kier molecular flexibility index (Phi) is 11.0. The second-order valence-corrected chi connectivity index (χ2v) is 11.5. The number of rotatable bonds is 5. The van der Waals surface area contributed by atoms with E-state index >= 15 is 0 Å². The quantitative estimate of drug-likeness (QED) is 0.327. The van der Waals surface area contributed by atoms with Gasteiger partial charge < -0.3 is 9.47 Å². The fourth-order valence-electron chi connectivity index (χ4n) is 3.99. The van der Waals surface area contributed by atoms with Crippen molar-refractivity contribution in [3.05, 3.63) is 45.9 Å². The Bertz CT molecular complexity index is 1200. The zero-order chi connectivity index (χ0) is 27.7. The highest BCUT2D eigenvalue weighted by Crippen LogP contribution is 2.42. The summed E-state index contributed by atoms with van der Waals surface area (Å²) in [6, 6.07) is 3.45. The van der Waals surface area contributed by atoms with Crippen LogP contribution < -0.4 is 10.1 Å². The van der Waals surface area contributed by atoms with E-state index in [9.17, 15) is 4.79 Å². The number of aromatic nitrogens is 4. The average molecular weight is 560 g/mol. The Balaban J connectivity index is 0.000000250. The number of anilines is 1. The Hall–Kier alpha value is -2.62. The van der Waals surface area contributed by atoms with Crippen molar-refractivity contribution in [3.8, 4) is 16.9 Å². The number of halogens is 1. The number of carbonyl (C=O) groups excluding carboxylic acids is 1. The monoisotopic (exact) mass is 559 g/mol. The Morgan fingerprint density at radius 2 is 1.84 bits per heavy atom.